The summed E-state index contributed by atoms with van der Waals surface area (Å²) in [7, 11) is -3.68. The fourth-order valence-electron chi connectivity index (χ4n) is 3.19. The summed E-state index contributed by atoms with van der Waals surface area (Å²) in [5.41, 5.74) is 1.16. The van der Waals surface area contributed by atoms with Crippen LogP contribution < -0.4 is 5.32 Å². The first-order valence-electron chi connectivity index (χ1n) is 9.04. The van der Waals surface area contributed by atoms with Gasteiger partial charge >= 0.3 is 0 Å². The van der Waals surface area contributed by atoms with Gasteiger partial charge in [0.15, 0.2) is 5.78 Å². The molecular weight excluding hydrogens is 444 g/mol. The van der Waals surface area contributed by atoms with Crippen molar-refractivity contribution in [3.8, 4) is 0 Å². The number of carbonyl (C=O) groups excluding carboxylic acids is 1. The van der Waals surface area contributed by atoms with Crippen molar-refractivity contribution in [1.82, 2.24) is 4.31 Å². The highest BCUT2D eigenvalue weighted by atomic mass is 79.9. The molecule has 1 N–H and O–H groups in total. The number of benzene rings is 2. The molecule has 1 saturated heterocycles. The van der Waals surface area contributed by atoms with Gasteiger partial charge in [0.2, 0.25) is 10.0 Å². The molecule has 0 amide bonds. The molecule has 2 unspecified atom stereocenters. The number of hydrogen-bond acceptors (Lipinski definition) is 5. The molecule has 28 heavy (non-hydrogen) atoms. The van der Waals surface area contributed by atoms with E-state index in [1.54, 1.807) is 12.1 Å². The molecular formula is C20H23BrN2O4S. The van der Waals surface area contributed by atoms with Crippen LogP contribution in [0.2, 0.25) is 0 Å². The molecule has 0 radical (unpaired) electrons. The zero-order valence-electron chi connectivity index (χ0n) is 15.8. The molecule has 1 aliphatic heterocycles. The van der Waals surface area contributed by atoms with E-state index in [2.05, 4.69) is 21.2 Å². The van der Waals surface area contributed by atoms with Crippen LogP contribution in [0.1, 0.15) is 24.2 Å². The minimum absolute atomic E-state index is 0.0672. The number of nitrogens with zero attached hydrogens (tertiary/aromatic N) is 1. The Bertz CT molecular complexity index is 954. The number of nitrogens with one attached hydrogen (secondary N) is 1. The zero-order chi connectivity index (χ0) is 20.3. The third kappa shape index (κ3) is 4.81. The number of halogens is 1. The van der Waals surface area contributed by atoms with Gasteiger partial charge in [-0.15, -0.1) is 0 Å². The van der Waals surface area contributed by atoms with Crippen molar-refractivity contribution in [1.29, 1.82) is 0 Å². The van der Waals surface area contributed by atoms with Crippen LogP contribution in [0.25, 0.3) is 0 Å². The summed E-state index contributed by atoms with van der Waals surface area (Å²) in [4.78, 5) is 12.7. The molecule has 3 rings (SSSR count). The van der Waals surface area contributed by atoms with Crippen LogP contribution in [0, 0.1) is 0 Å². The predicted molar refractivity (Wildman–Crippen MR) is 112 cm³/mol. The summed E-state index contributed by atoms with van der Waals surface area (Å²) < 4.78 is 33.9. The fraction of sp³-hybridized carbons (Fsp3) is 0.350. The van der Waals surface area contributed by atoms with Gasteiger partial charge in [-0.25, -0.2) is 8.42 Å². The molecule has 2 atom stereocenters. The molecule has 1 fully saturated rings. The van der Waals surface area contributed by atoms with E-state index in [0.717, 1.165) is 10.2 Å². The second-order valence-corrected chi connectivity index (χ2v) is 9.66. The maximum Gasteiger partial charge on any atom is 0.243 e. The van der Waals surface area contributed by atoms with E-state index in [4.69, 9.17) is 4.74 Å². The maximum absolute atomic E-state index is 13.0. The number of carbonyl (C=O) groups is 1. The molecule has 150 valence electrons. The van der Waals surface area contributed by atoms with Gasteiger partial charge in [0, 0.05) is 28.8 Å². The number of Topliss-reactive ketones (excluding diaryl/α,β-unsaturated/α-hetero) is 1. The van der Waals surface area contributed by atoms with Crippen LogP contribution in [-0.2, 0) is 14.8 Å². The minimum atomic E-state index is -3.68. The van der Waals surface area contributed by atoms with Gasteiger partial charge in [-0.05, 0) is 54.0 Å². The largest absolute Gasteiger partial charge is 0.377 e. The van der Waals surface area contributed by atoms with Crippen molar-refractivity contribution >= 4 is 37.4 Å². The van der Waals surface area contributed by atoms with Crippen LogP contribution in [0.4, 0.5) is 5.69 Å². The van der Waals surface area contributed by atoms with E-state index in [1.807, 2.05) is 38.1 Å². The number of ether oxygens (including phenoxy) is 1. The molecule has 1 heterocycles. The number of morpholine rings is 1. The molecule has 0 saturated carbocycles. The summed E-state index contributed by atoms with van der Waals surface area (Å²) in [6, 6.07) is 13.7. The summed E-state index contributed by atoms with van der Waals surface area (Å²) in [6.07, 6.45) is -0.339. The predicted octanol–water partition coefficient (Wildman–Crippen LogP) is 3.54. The molecule has 1 aliphatic rings. The van der Waals surface area contributed by atoms with E-state index >= 15 is 0 Å². The first-order chi connectivity index (χ1) is 13.3. The SMILES string of the molecule is CC1CN(S(=O)(=O)c2cccc(C(=O)CNc3ccccc3Br)c2)CC(C)O1. The van der Waals surface area contributed by atoms with Crippen LogP contribution in [0.5, 0.6) is 0 Å². The normalized spacial score (nSPS) is 20.7. The van der Waals surface area contributed by atoms with Crippen molar-refractivity contribution in [2.45, 2.75) is 31.0 Å². The topological polar surface area (TPSA) is 75.7 Å². The lowest BCUT2D eigenvalue weighted by Crippen LogP contribution is -2.48. The second kappa shape index (κ2) is 8.73. The number of sulfonamides is 1. The average molecular weight is 467 g/mol. The van der Waals surface area contributed by atoms with Crippen molar-refractivity contribution < 1.29 is 17.9 Å². The molecule has 0 aliphatic carbocycles. The van der Waals surface area contributed by atoms with E-state index in [0.29, 0.717) is 18.7 Å². The standard InChI is InChI=1S/C20H23BrN2O4S/c1-14-12-23(13-15(2)27-14)28(25,26)17-7-5-6-16(10-17)20(24)11-22-19-9-4-3-8-18(19)21/h3-10,14-15,22H,11-13H2,1-2H3. The first kappa shape index (κ1) is 21.0. The second-order valence-electron chi connectivity index (χ2n) is 6.86. The molecule has 0 aromatic heterocycles. The Morgan fingerprint density at radius 2 is 1.82 bits per heavy atom. The van der Waals surface area contributed by atoms with Crippen LogP contribution >= 0.6 is 15.9 Å². The minimum Gasteiger partial charge on any atom is -0.377 e. The quantitative estimate of drug-likeness (QED) is 0.658. The number of para-hydroxylation sites is 1. The van der Waals surface area contributed by atoms with Crippen LogP contribution in [0.15, 0.2) is 57.9 Å². The number of hydrogen-bond donors (Lipinski definition) is 1. The first-order valence-corrected chi connectivity index (χ1v) is 11.3. The molecule has 2 aromatic carbocycles. The Kier molecular flexibility index (Phi) is 6.54. The van der Waals surface area contributed by atoms with Crippen molar-refractivity contribution in [2.24, 2.45) is 0 Å². The van der Waals surface area contributed by atoms with Gasteiger partial charge in [-0.3, -0.25) is 4.79 Å². The summed E-state index contributed by atoms with van der Waals surface area (Å²) >= 11 is 3.43. The maximum atomic E-state index is 13.0. The monoisotopic (exact) mass is 466 g/mol. The van der Waals surface area contributed by atoms with Gasteiger partial charge < -0.3 is 10.1 Å². The summed E-state index contributed by atoms with van der Waals surface area (Å²) in [5.74, 6) is -0.184. The van der Waals surface area contributed by atoms with E-state index < -0.39 is 10.0 Å². The van der Waals surface area contributed by atoms with Crippen molar-refractivity contribution in [2.75, 3.05) is 25.0 Å². The van der Waals surface area contributed by atoms with Gasteiger partial charge in [-0.2, -0.15) is 4.31 Å². The molecule has 8 heteroatoms. The van der Waals surface area contributed by atoms with E-state index in [1.165, 1.54) is 16.4 Å². The Morgan fingerprint density at radius 3 is 2.50 bits per heavy atom. The van der Waals surface area contributed by atoms with Gasteiger partial charge in [0.05, 0.1) is 23.6 Å². The van der Waals surface area contributed by atoms with Gasteiger partial charge in [0.25, 0.3) is 0 Å². The Balaban J connectivity index is 1.76. The zero-order valence-corrected chi connectivity index (χ0v) is 18.2. The van der Waals surface area contributed by atoms with Crippen LogP contribution in [-0.4, -0.2) is 50.3 Å². The number of ketones is 1. The summed E-state index contributed by atoms with van der Waals surface area (Å²) in [6.45, 7) is 4.37. The fourth-order valence-corrected chi connectivity index (χ4v) is 5.25. The van der Waals surface area contributed by atoms with E-state index in [-0.39, 0.29) is 29.4 Å². The Morgan fingerprint density at radius 1 is 1.14 bits per heavy atom. The third-order valence-electron chi connectivity index (χ3n) is 4.49. The van der Waals surface area contributed by atoms with Crippen LogP contribution in [0.3, 0.4) is 0 Å². The molecule has 6 nitrogen and oxygen atoms in total. The smallest absolute Gasteiger partial charge is 0.243 e. The lowest BCUT2D eigenvalue weighted by molar-refractivity contribution is -0.0440. The average Bonchev–Trinajstić information content (AvgIpc) is 2.66. The van der Waals surface area contributed by atoms with Crippen molar-refractivity contribution in [3.05, 3.63) is 58.6 Å². The highest BCUT2D eigenvalue weighted by Gasteiger charge is 2.32. The van der Waals surface area contributed by atoms with Gasteiger partial charge in [-0.1, -0.05) is 24.3 Å². The highest BCUT2D eigenvalue weighted by molar-refractivity contribution is 9.10. The van der Waals surface area contributed by atoms with Crippen molar-refractivity contribution in [3.63, 3.8) is 0 Å². The number of rotatable bonds is 6. The highest BCUT2D eigenvalue weighted by Crippen LogP contribution is 2.23. The third-order valence-corrected chi connectivity index (χ3v) is 7.01. The molecule has 0 spiro atoms. The Hall–Kier alpha value is -1.74. The lowest BCUT2D eigenvalue weighted by atomic mass is 10.1. The lowest BCUT2D eigenvalue weighted by Gasteiger charge is -2.34. The van der Waals surface area contributed by atoms with E-state index in [9.17, 15) is 13.2 Å². The molecule has 2 aromatic rings. The molecule has 0 bridgehead atoms. The van der Waals surface area contributed by atoms with Gasteiger partial charge in [0.1, 0.15) is 0 Å². The Labute approximate surface area is 174 Å². The summed E-state index contributed by atoms with van der Waals surface area (Å²) in [5, 5.41) is 3.07. The number of anilines is 1.